The van der Waals surface area contributed by atoms with E-state index in [2.05, 4.69) is 97.9 Å². The summed E-state index contributed by atoms with van der Waals surface area (Å²) in [6, 6.07) is 11.4. The first kappa shape index (κ1) is 39.0. The summed E-state index contributed by atoms with van der Waals surface area (Å²) < 4.78 is 41.8. The molecule has 2 aromatic carbocycles. The average molecular weight is 815 g/mol. The number of oxime groups is 2. The number of nitrogens with zero attached hydrogens (tertiary/aromatic N) is 6. The third-order valence-electron chi connectivity index (χ3n) is 7.59. The maximum atomic E-state index is 12.2. The summed E-state index contributed by atoms with van der Waals surface area (Å²) in [5.74, 6) is 0. The van der Waals surface area contributed by atoms with Gasteiger partial charge in [-0.25, -0.2) is 0 Å². The maximum absolute atomic E-state index is 12.2. The summed E-state index contributed by atoms with van der Waals surface area (Å²) in [4.78, 5) is 5.81. The van der Waals surface area contributed by atoms with Crippen molar-refractivity contribution in [2.24, 2.45) is 24.4 Å². The minimum absolute atomic E-state index is 0.00463. The molecule has 0 saturated heterocycles. The summed E-state index contributed by atoms with van der Waals surface area (Å²) in [5, 5.41) is 24.1. The van der Waals surface area contributed by atoms with Crippen LogP contribution < -0.4 is 0 Å². The molecular formula is C34H38Br2ClF3N6O2. The van der Waals surface area contributed by atoms with Gasteiger partial charge in [-0.2, -0.15) is 23.4 Å². The minimum Gasteiger partial charge on any atom is -0.410 e. The third kappa shape index (κ3) is 9.17. The van der Waals surface area contributed by atoms with Gasteiger partial charge in [0.2, 0.25) is 0 Å². The Labute approximate surface area is 300 Å². The summed E-state index contributed by atoms with van der Waals surface area (Å²) in [6.07, 6.45) is -3.65. The zero-order chi connectivity index (χ0) is 36.3. The van der Waals surface area contributed by atoms with Crippen LogP contribution in [0.1, 0.15) is 69.5 Å². The summed E-state index contributed by atoms with van der Waals surface area (Å²) in [6.45, 7) is 16.8. The summed E-state index contributed by atoms with van der Waals surface area (Å²) in [7, 11) is 3.40. The topological polar surface area (TPSA) is 89.8 Å². The highest BCUT2D eigenvalue weighted by Crippen LogP contribution is 2.37. The van der Waals surface area contributed by atoms with Crippen molar-refractivity contribution in [3.8, 4) is 0 Å². The van der Waals surface area contributed by atoms with E-state index in [1.165, 1.54) is 28.9 Å². The molecule has 1 unspecified atom stereocenters. The lowest BCUT2D eigenvalue weighted by Gasteiger charge is -2.21. The van der Waals surface area contributed by atoms with E-state index in [0.29, 0.717) is 5.69 Å². The molecule has 14 heteroatoms. The van der Waals surface area contributed by atoms with Crippen molar-refractivity contribution in [3.63, 3.8) is 0 Å². The molecule has 0 fully saturated rings. The Morgan fingerprint density at radius 1 is 0.896 bits per heavy atom. The second-order valence-electron chi connectivity index (χ2n) is 11.8. The van der Waals surface area contributed by atoms with Crippen molar-refractivity contribution in [2.45, 2.75) is 66.7 Å². The molecule has 0 aliphatic carbocycles. The molecule has 0 radical (unpaired) electrons. The predicted molar refractivity (Wildman–Crippen MR) is 192 cm³/mol. The summed E-state index contributed by atoms with van der Waals surface area (Å²) in [5.41, 5.74) is 8.66. The van der Waals surface area contributed by atoms with Crippen LogP contribution in [0.3, 0.4) is 0 Å². The number of hydrogen-bond acceptors (Lipinski definition) is 6. The quantitative estimate of drug-likeness (QED) is 0.126. The molecule has 48 heavy (non-hydrogen) atoms. The van der Waals surface area contributed by atoms with Gasteiger partial charge in [0.15, 0.2) is 10.8 Å². The monoisotopic (exact) mass is 812 g/mol. The molecule has 0 saturated carbocycles. The van der Waals surface area contributed by atoms with E-state index in [0.717, 1.165) is 54.7 Å². The van der Waals surface area contributed by atoms with Gasteiger partial charge < -0.3 is 10.0 Å². The molecule has 1 aliphatic rings. The Balaban J connectivity index is 0.000000208. The van der Waals surface area contributed by atoms with E-state index in [4.69, 9.17) is 21.6 Å². The number of rotatable bonds is 4. The molecule has 3 heterocycles. The van der Waals surface area contributed by atoms with Crippen molar-refractivity contribution in [1.29, 1.82) is 0 Å². The SMILES string of the molecule is C=C(c1cc(C)nn1C)C(F)(F)F.Cc1cc(/C(Cl)=N/O)cc(C)c1Br.Cc1cc(C2(C)CC(c3cc(C)c(Br)c(C)c3)=NO2)n(C)n1. The van der Waals surface area contributed by atoms with Gasteiger partial charge >= 0.3 is 6.18 Å². The molecule has 0 spiro atoms. The van der Waals surface area contributed by atoms with Crippen LogP contribution in [-0.2, 0) is 24.5 Å². The summed E-state index contributed by atoms with van der Waals surface area (Å²) >= 11 is 12.7. The lowest BCUT2D eigenvalue weighted by molar-refractivity contribution is -0.0691. The standard InChI is InChI=1S/C17H20BrN3O.C9H9BrClNO.C8H9F3N2/c1-10-6-13(7-11(2)16(10)18)14-9-17(4,22-20-14)15-8-12(3)19-21(15)5;1-5-3-7(9(11)12-13)4-6(2)8(5)10;1-5-4-7(13(3)12-5)6(2)8(9,10)11/h6-8H,9H2,1-5H3;3-4,13H,1-2H3;4H,2H2,1,3H3/b;12-9-;. The van der Waals surface area contributed by atoms with Gasteiger partial charge in [0.1, 0.15) is 0 Å². The molecule has 5 rings (SSSR count). The highest BCUT2D eigenvalue weighted by molar-refractivity contribution is 9.10. The minimum atomic E-state index is -4.39. The molecule has 1 atom stereocenters. The largest absolute Gasteiger partial charge is 0.417 e. The van der Waals surface area contributed by atoms with Crippen molar-refractivity contribution in [1.82, 2.24) is 19.6 Å². The van der Waals surface area contributed by atoms with Crippen molar-refractivity contribution in [3.05, 3.63) is 108 Å². The van der Waals surface area contributed by atoms with Crippen LogP contribution in [0.25, 0.3) is 5.57 Å². The number of alkyl halides is 3. The number of hydrogen-bond donors (Lipinski definition) is 1. The van der Waals surface area contributed by atoms with Crippen LogP contribution in [0.5, 0.6) is 0 Å². The Bertz CT molecular complexity index is 1850. The molecule has 0 bridgehead atoms. The Kier molecular flexibility index (Phi) is 12.5. The van der Waals surface area contributed by atoms with Crippen LogP contribution in [0, 0.1) is 41.5 Å². The second-order valence-corrected chi connectivity index (χ2v) is 13.8. The van der Waals surface area contributed by atoms with Gasteiger partial charge in [-0.15, -0.1) is 0 Å². The highest BCUT2D eigenvalue weighted by atomic mass is 79.9. The highest BCUT2D eigenvalue weighted by Gasteiger charge is 2.39. The van der Waals surface area contributed by atoms with E-state index in [9.17, 15) is 13.2 Å². The maximum Gasteiger partial charge on any atom is 0.417 e. The van der Waals surface area contributed by atoms with Gasteiger partial charge in [0.25, 0.3) is 0 Å². The van der Waals surface area contributed by atoms with Gasteiger partial charge in [-0.05, 0) is 107 Å². The lowest BCUT2D eigenvalue weighted by Crippen LogP contribution is -2.25. The van der Waals surface area contributed by atoms with Crippen LogP contribution in [-0.4, -0.2) is 41.8 Å². The first-order valence-electron chi connectivity index (χ1n) is 14.6. The first-order valence-corrected chi connectivity index (χ1v) is 16.6. The van der Waals surface area contributed by atoms with Gasteiger partial charge in [0, 0.05) is 40.6 Å². The molecule has 2 aromatic heterocycles. The molecule has 0 amide bonds. The van der Waals surface area contributed by atoms with E-state index < -0.39 is 17.4 Å². The third-order valence-corrected chi connectivity index (χ3v) is 10.4. The Morgan fingerprint density at radius 2 is 1.38 bits per heavy atom. The number of aryl methyl sites for hydroxylation is 8. The zero-order valence-corrected chi connectivity index (χ0v) is 32.1. The smallest absolute Gasteiger partial charge is 0.410 e. The van der Waals surface area contributed by atoms with E-state index in [1.54, 1.807) is 6.92 Å². The molecule has 4 aromatic rings. The fourth-order valence-corrected chi connectivity index (χ4v) is 5.78. The van der Waals surface area contributed by atoms with Crippen LogP contribution in [0.15, 0.2) is 62.2 Å². The first-order chi connectivity index (χ1) is 22.2. The molecule has 258 valence electrons. The zero-order valence-electron chi connectivity index (χ0n) is 28.2. The number of allylic oxidation sites excluding steroid dienone is 1. The molecular weight excluding hydrogens is 777 g/mol. The second kappa shape index (κ2) is 15.4. The van der Waals surface area contributed by atoms with E-state index >= 15 is 0 Å². The molecule has 1 N–H and O–H groups in total. The normalized spacial score (nSPS) is 16.0. The van der Waals surface area contributed by atoms with E-state index in [1.807, 2.05) is 44.6 Å². The predicted octanol–water partition coefficient (Wildman–Crippen LogP) is 9.89. The average Bonchev–Trinajstić information content (AvgIpc) is 3.68. The lowest BCUT2D eigenvalue weighted by atomic mass is 9.91. The van der Waals surface area contributed by atoms with E-state index in [-0.39, 0.29) is 10.9 Å². The number of benzene rings is 2. The van der Waals surface area contributed by atoms with Gasteiger partial charge in [-0.3, -0.25) is 9.36 Å². The van der Waals surface area contributed by atoms with Crippen molar-refractivity contribution >= 4 is 59.9 Å². The number of aromatic nitrogens is 4. The van der Waals surface area contributed by atoms with Gasteiger partial charge in [0.05, 0.1) is 34.1 Å². The molecule has 1 aliphatic heterocycles. The van der Waals surface area contributed by atoms with Crippen molar-refractivity contribution < 1.29 is 23.2 Å². The molecule has 8 nitrogen and oxygen atoms in total. The van der Waals surface area contributed by atoms with Crippen LogP contribution >= 0.6 is 43.5 Å². The Morgan fingerprint density at radius 3 is 1.79 bits per heavy atom. The Hall–Kier alpha value is -3.42. The van der Waals surface area contributed by atoms with Gasteiger partial charge in [-0.1, -0.05) is 60.4 Å². The van der Waals surface area contributed by atoms with Crippen molar-refractivity contribution in [2.75, 3.05) is 0 Å². The fourth-order valence-electron chi connectivity index (χ4n) is 5.21. The van der Waals surface area contributed by atoms with Crippen LogP contribution in [0.4, 0.5) is 13.2 Å². The number of halogens is 6. The fraction of sp³-hybridized carbons (Fsp3) is 0.353. The van der Waals surface area contributed by atoms with Crippen LogP contribution in [0.2, 0.25) is 0 Å².